The Labute approximate surface area is 75.0 Å². The quantitative estimate of drug-likeness (QED) is 0.680. The summed E-state index contributed by atoms with van der Waals surface area (Å²) in [6.45, 7) is 1.76. The Morgan fingerprint density at radius 3 is 2.92 bits per heavy atom. The fourth-order valence-electron chi connectivity index (χ4n) is 0.946. The van der Waals surface area contributed by atoms with Gasteiger partial charge in [-0.15, -0.1) is 0 Å². The van der Waals surface area contributed by atoms with Crippen LogP contribution in [0.5, 0.6) is 0 Å². The fraction of sp³-hybridized carbons (Fsp3) is 0.375. The second-order valence-electron chi connectivity index (χ2n) is 2.69. The van der Waals surface area contributed by atoms with Gasteiger partial charge in [-0.1, -0.05) is 6.92 Å². The average Bonchev–Trinajstić information content (AvgIpc) is 2.02. The van der Waals surface area contributed by atoms with Crippen molar-refractivity contribution < 1.29 is 4.79 Å². The standard InChI is InChI=1S/C8H11N3O2/c1-2-6(12)3-5-4-7(13)11-8(9)10-5/h4H,2-3H2,1H3,(H3,9,10,11,13). The van der Waals surface area contributed by atoms with Crippen LogP contribution in [0.25, 0.3) is 0 Å². The largest absolute Gasteiger partial charge is 0.369 e. The van der Waals surface area contributed by atoms with Crippen LogP contribution in [0.3, 0.4) is 0 Å². The van der Waals surface area contributed by atoms with Gasteiger partial charge in [-0.25, -0.2) is 4.98 Å². The summed E-state index contributed by atoms with van der Waals surface area (Å²) in [4.78, 5) is 28.0. The molecule has 1 aromatic rings. The predicted octanol–water partition coefficient (Wildman–Crippen LogP) is -0.126. The van der Waals surface area contributed by atoms with Crippen molar-refractivity contribution in [3.05, 3.63) is 22.1 Å². The molecular formula is C8H11N3O2. The Morgan fingerprint density at radius 1 is 1.69 bits per heavy atom. The number of nitrogen functional groups attached to an aromatic ring is 1. The van der Waals surface area contributed by atoms with Crippen LogP contribution in [0.4, 0.5) is 5.95 Å². The number of hydrogen-bond acceptors (Lipinski definition) is 4. The first-order valence-corrected chi connectivity index (χ1v) is 3.99. The summed E-state index contributed by atoms with van der Waals surface area (Å²) >= 11 is 0. The third kappa shape index (κ3) is 2.70. The van der Waals surface area contributed by atoms with Gasteiger partial charge in [-0.05, 0) is 0 Å². The number of hydrogen-bond donors (Lipinski definition) is 2. The molecule has 0 amide bonds. The number of nitrogens with one attached hydrogen (secondary N) is 1. The number of Topliss-reactive ketones (excluding diaryl/α,β-unsaturated/α-hetero) is 1. The van der Waals surface area contributed by atoms with Gasteiger partial charge in [-0.2, -0.15) is 0 Å². The lowest BCUT2D eigenvalue weighted by Gasteiger charge is -1.98. The van der Waals surface area contributed by atoms with Crippen molar-refractivity contribution >= 4 is 11.7 Å². The minimum Gasteiger partial charge on any atom is -0.369 e. The number of H-pyrrole nitrogens is 1. The van der Waals surface area contributed by atoms with Gasteiger partial charge in [0.15, 0.2) is 0 Å². The molecule has 70 valence electrons. The predicted molar refractivity (Wildman–Crippen MR) is 48.3 cm³/mol. The van der Waals surface area contributed by atoms with E-state index in [0.717, 1.165) is 0 Å². The Bertz CT molecular complexity index is 370. The highest BCUT2D eigenvalue weighted by Gasteiger charge is 2.03. The summed E-state index contributed by atoms with van der Waals surface area (Å²) in [5.41, 5.74) is 5.40. The van der Waals surface area contributed by atoms with E-state index in [1.165, 1.54) is 6.07 Å². The molecule has 0 unspecified atom stereocenters. The van der Waals surface area contributed by atoms with E-state index in [9.17, 15) is 9.59 Å². The lowest BCUT2D eigenvalue weighted by atomic mass is 10.2. The van der Waals surface area contributed by atoms with Gasteiger partial charge in [0.05, 0.1) is 5.69 Å². The second kappa shape index (κ2) is 3.84. The SMILES string of the molecule is CCC(=O)Cc1cc(=O)[nH]c(N)n1. The van der Waals surface area contributed by atoms with Crippen molar-refractivity contribution in [3.8, 4) is 0 Å². The Balaban J connectivity index is 2.89. The summed E-state index contributed by atoms with van der Waals surface area (Å²) in [7, 11) is 0. The highest BCUT2D eigenvalue weighted by molar-refractivity contribution is 5.80. The van der Waals surface area contributed by atoms with Crippen LogP contribution < -0.4 is 11.3 Å². The molecule has 5 nitrogen and oxygen atoms in total. The monoisotopic (exact) mass is 181 g/mol. The number of ketones is 1. The molecule has 0 spiro atoms. The van der Waals surface area contributed by atoms with Gasteiger partial charge in [-0.3, -0.25) is 14.6 Å². The van der Waals surface area contributed by atoms with Crippen molar-refractivity contribution in [2.75, 3.05) is 5.73 Å². The maximum atomic E-state index is 11.0. The van der Waals surface area contributed by atoms with Crippen molar-refractivity contribution in [2.24, 2.45) is 0 Å². The van der Waals surface area contributed by atoms with Gasteiger partial charge >= 0.3 is 0 Å². The maximum absolute atomic E-state index is 11.0. The molecule has 0 fully saturated rings. The zero-order valence-electron chi connectivity index (χ0n) is 7.33. The zero-order chi connectivity index (χ0) is 9.84. The van der Waals surface area contributed by atoms with Gasteiger partial charge in [0.25, 0.3) is 5.56 Å². The number of carbonyl (C=O) groups is 1. The lowest BCUT2D eigenvalue weighted by molar-refractivity contribution is -0.118. The Morgan fingerprint density at radius 2 is 2.38 bits per heavy atom. The van der Waals surface area contributed by atoms with Crippen LogP contribution in [0.2, 0.25) is 0 Å². The number of carbonyl (C=O) groups excluding carboxylic acids is 1. The Kier molecular flexibility index (Phi) is 2.79. The Hall–Kier alpha value is -1.65. The molecule has 3 N–H and O–H groups in total. The van der Waals surface area contributed by atoms with E-state index in [0.29, 0.717) is 12.1 Å². The van der Waals surface area contributed by atoms with E-state index < -0.39 is 0 Å². The molecule has 0 aliphatic rings. The normalized spacial score (nSPS) is 9.92. The van der Waals surface area contributed by atoms with Gasteiger partial charge < -0.3 is 5.73 Å². The van der Waals surface area contributed by atoms with E-state index in [1.54, 1.807) is 6.92 Å². The van der Waals surface area contributed by atoms with Gasteiger partial charge in [0.2, 0.25) is 5.95 Å². The highest BCUT2D eigenvalue weighted by Crippen LogP contribution is 1.96. The summed E-state index contributed by atoms with van der Waals surface area (Å²) in [6, 6.07) is 1.28. The summed E-state index contributed by atoms with van der Waals surface area (Å²) in [5.74, 6) is 0.0869. The smallest absolute Gasteiger partial charge is 0.252 e. The number of nitrogens with zero attached hydrogens (tertiary/aromatic N) is 1. The van der Waals surface area contributed by atoms with Crippen LogP contribution in [-0.2, 0) is 11.2 Å². The van der Waals surface area contributed by atoms with E-state index >= 15 is 0 Å². The molecule has 0 aromatic carbocycles. The summed E-state index contributed by atoms with van der Waals surface area (Å²) in [6.07, 6.45) is 0.610. The molecule has 1 aromatic heterocycles. The molecule has 0 aliphatic carbocycles. The summed E-state index contributed by atoms with van der Waals surface area (Å²) in [5, 5.41) is 0. The van der Waals surface area contributed by atoms with Crippen LogP contribution in [0.1, 0.15) is 19.0 Å². The second-order valence-corrected chi connectivity index (χ2v) is 2.69. The first-order chi connectivity index (χ1) is 6.11. The number of rotatable bonds is 3. The van der Waals surface area contributed by atoms with Gasteiger partial charge in [0, 0.05) is 18.9 Å². The number of aromatic nitrogens is 2. The van der Waals surface area contributed by atoms with E-state index in [2.05, 4.69) is 9.97 Å². The van der Waals surface area contributed by atoms with Crippen molar-refractivity contribution in [1.82, 2.24) is 9.97 Å². The van der Waals surface area contributed by atoms with E-state index in [-0.39, 0.29) is 23.7 Å². The highest BCUT2D eigenvalue weighted by atomic mass is 16.1. The molecule has 0 saturated heterocycles. The lowest BCUT2D eigenvalue weighted by Crippen LogP contribution is -2.14. The molecule has 0 atom stereocenters. The molecular weight excluding hydrogens is 170 g/mol. The molecule has 1 rings (SSSR count). The number of aromatic amines is 1. The van der Waals surface area contributed by atoms with Crippen LogP contribution in [0, 0.1) is 0 Å². The minimum atomic E-state index is -0.327. The molecule has 0 aliphatic heterocycles. The van der Waals surface area contributed by atoms with E-state index in [1.807, 2.05) is 0 Å². The topological polar surface area (TPSA) is 88.8 Å². The third-order valence-electron chi connectivity index (χ3n) is 1.59. The van der Waals surface area contributed by atoms with E-state index in [4.69, 9.17) is 5.73 Å². The summed E-state index contributed by atoms with van der Waals surface area (Å²) < 4.78 is 0. The van der Waals surface area contributed by atoms with Crippen LogP contribution in [-0.4, -0.2) is 15.8 Å². The van der Waals surface area contributed by atoms with Crippen molar-refractivity contribution in [3.63, 3.8) is 0 Å². The van der Waals surface area contributed by atoms with Crippen molar-refractivity contribution in [2.45, 2.75) is 19.8 Å². The third-order valence-corrected chi connectivity index (χ3v) is 1.59. The molecule has 0 bridgehead atoms. The number of anilines is 1. The average molecular weight is 181 g/mol. The number of nitrogens with two attached hydrogens (primary N) is 1. The first-order valence-electron chi connectivity index (χ1n) is 3.99. The zero-order valence-corrected chi connectivity index (χ0v) is 7.33. The molecule has 0 saturated carbocycles. The molecule has 5 heteroatoms. The minimum absolute atomic E-state index is 0.0394. The molecule has 1 heterocycles. The van der Waals surface area contributed by atoms with Crippen molar-refractivity contribution in [1.29, 1.82) is 0 Å². The fourth-order valence-corrected chi connectivity index (χ4v) is 0.946. The maximum Gasteiger partial charge on any atom is 0.252 e. The first kappa shape index (κ1) is 9.44. The van der Waals surface area contributed by atoms with Crippen LogP contribution >= 0.6 is 0 Å². The van der Waals surface area contributed by atoms with Crippen LogP contribution in [0.15, 0.2) is 10.9 Å². The molecule has 13 heavy (non-hydrogen) atoms. The van der Waals surface area contributed by atoms with Gasteiger partial charge in [0.1, 0.15) is 5.78 Å². The molecule has 0 radical (unpaired) electrons.